The summed E-state index contributed by atoms with van der Waals surface area (Å²) in [5, 5.41) is 9.23. The number of aromatic carboxylic acids is 1. The average Bonchev–Trinajstić information content (AvgIpc) is 2.38. The summed E-state index contributed by atoms with van der Waals surface area (Å²) in [7, 11) is 1.96. The van der Waals surface area contributed by atoms with Crippen LogP contribution in [-0.4, -0.2) is 29.1 Å². The minimum absolute atomic E-state index is 0.287. The lowest BCUT2D eigenvalue weighted by Gasteiger charge is -2.39. The van der Waals surface area contributed by atoms with Crippen molar-refractivity contribution in [2.75, 3.05) is 11.9 Å². The Bertz CT molecular complexity index is 461. The Morgan fingerprint density at radius 2 is 2.05 bits per heavy atom. The maximum absolute atomic E-state index is 11.2. The van der Waals surface area contributed by atoms with Gasteiger partial charge in [-0.25, -0.2) is 9.78 Å². The highest BCUT2D eigenvalue weighted by molar-refractivity contribution is 5.93. The van der Waals surface area contributed by atoms with Crippen molar-refractivity contribution in [2.24, 2.45) is 5.41 Å². The molecule has 0 radical (unpaired) electrons. The molecule has 0 saturated heterocycles. The summed E-state index contributed by atoms with van der Waals surface area (Å²) in [5.74, 6) is -0.328. The van der Waals surface area contributed by atoms with Gasteiger partial charge in [-0.05, 0) is 43.2 Å². The van der Waals surface area contributed by atoms with E-state index < -0.39 is 5.97 Å². The number of carboxylic acids is 1. The zero-order valence-electron chi connectivity index (χ0n) is 11.9. The molecule has 4 nitrogen and oxygen atoms in total. The van der Waals surface area contributed by atoms with Gasteiger partial charge in [0, 0.05) is 19.3 Å². The zero-order valence-corrected chi connectivity index (χ0v) is 11.9. The summed E-state index contributed by atoms with van der Waals surface area (Å²) in [6.45, 7) is 4.60. The van der Waals surface area contributed by atoms with Gasteiger partial charge < -0.3 is 10.0 Å². The third-order valence-electron chi connectivity index (χ3n) is 4.21. The van der Waals surface area contributed by atoms with Crippen LogP contribution in [0.15, 0.2) is 18.3 Å². The number of pyridine rings is 1. The molecule has 0 amide bonds. The maximum Gasteiger partial charge on any atom is 0.339 e. The van der Waals surface area contributed by atoms with E-state index in [4.69, 9.17) is 0 Å². The molecular weight excluding hydrogens is 240 g/mol. The van der Waals surface area contributed by atoms with E-state index in [1.54, 1.807) is 18.3 Å². The van der Waals surface area contributed by atoms with Gasteiger partial charge in [0.2, 0.25) is 0 Å². The van der Waals surface area contributed by atoms with E-state index in [0.717, 1.165) is 12.8 Å². The third kappa shape index (κ3) is 3.06. The highest BCUT2D eigenvalue weighted by Crippen LogP contribution is 2.37. The predicted octanol–water partition coefficient (Wildman–Crippen LogP) is 3.18. The molecule has 19 heavy (non-hydrogen) atoms. The highest BCUT2D eigenvalue weighted by atomic mass is 16.4. The smallest absolute Gasteiger partial charge is 0.339 e. The van der Waals surface area contributed by atoms with E-state index in [9.17, 15) is 9.90 Å². The summed E-state index contributed by atoms with van der Waals surface area (Å²) >= 11 is 0. The van der Waals surface area contributed by atoms with E-state index in [-0.39, 0.29) is 5.56 Å². The van der Waals surface area contributed by atoms with Gasteiger partial charge in [-0.15, -0.1) is 0 Å². The van der Waals surface area contributed by atoms with Gasteiger partial charge in [-0.2, -0.15) is 0 Å². The molecule has 1 aromatic heterocycles. The minimum Gasteiger partial charge on any atom is -0.478 e. The SMILES string of the molecule is CN(c1ncccc1C(=O)O)C1CCC(C)(C)CC1. The number of nitrogens with zero attached hydrogens (tertiary/aromatic N) is 2. The minimum atomic E-state index is -0.911. The standard InChI is InChI=1S/C15H22N2O2/c1-15(2)8-6-11(7-9-15)17(3)13-12(14(18)19)5-4-10-16-13/h4-5,10-11H,6-9H2,1-3H3,(H,18,19). The quantitative estimate of drug-likeness (QED) is 0.909. The van der Waals surface area contributed by atoms with Gasteiger partial charge in [0.15, 0.2) is 0 Å². The first-order valence-corrected chi connectivity index (χ1v) is 6.82. The number of aromatic nitrogens is 1. The van der Waals surface area contributed by atoms with Crippen molar-refractivity contribution in [1.82, 2.24) is 4.98 Å². The second-order valence-electron chi connectivity index (χ2n) is 6.19. The van der Waals surface area contributed by atoms with Crippen molar-refractivity contribution in [1.29, 1.82) is 0 Å². The molecule has 1 saturated carbocycles. The first kappa shape index (κ1) is 13.8. The monoisotopic (exact) mass is 262 g/mol. The lowest BCUT2D eigenvalue weighted by atomic mass is 9.75. The molecule has 104 valence electrons. The fraction of sp³-hybridized carbons (Fsp3) is 0.600. The fourth-order valence-corrected chi connectivity index (χ4v) is 2.79. The van der Waals surface area contributed by atoms with Crippen LogP contribution in [0.4, 0.5) is 5.82 Å². The second-order valence-corrected chi connectivity index (χ2v) is 6.19. The Kier molecular flexibility index (Phi) is 3.78. The molecular formula is C15H22N2O2. The maximum atomic E-state index is 11.2. The Morgan fingerprint density at radius 3 is 2.63 bits per heavy atom. The van der Waals surface area contributed by atoms with Gasteiger partial charge in [0.05, 0.1) is 0 Å². The summed E-state index contributed by atoms with van der Waals surface area (Å²) in [6, 6.07) is 3.68. The highest BCUT2D eigenvalue weighted by Gasteiger charge is 2.30. The van der Waals surface area contributed by atoms with Crippen LogP contribution in [0.5, 0.6) is 0 Å². The summed E-state index contributed by atoms with van der Waals surface area (Å²) < 4.78 is 0. The van der Waals surface area contributed by atoms with Gasteiger partial charge in [0.25, 0.3) is 0 Å². The van der Waals surface area contributed by atoms with Gasteiger partial charge >= 0.3 is 5.97 Å². The largest absolute Gasteiger partial charge is 0.478 e. The Balaban J connectivity index is 2.17. The van der Waals surface area contributed by atoms with Crippen molar-refractivity contribution >= 4 is 11.8 Å². The van der Waals surface area contributed by atoms with Gasteiger partial charge in [0.1, 0.15) is 11.4 Å². The zero-order chi connectivity index (χ0) is 14.0. The normalized spacial score (nSPS) is 19.1. The molecule has 1 fully saturated rings. The first-order chi connectivity index (χ1) is 8.91. The lowest BCUT2D eigenvalue weighted by Crippen LogP contribution is -2.38. The number of anilines is 1. The molecule has 0 bridgehead atoms. The van der Waals surface area contributed by atoms with Crippen molar-refractivity contribution in [2.45, 2.75) is 45.6 Å². The molecule has 1 aliphatic carbocycles. The van der Waals surface area contributed by atoms with Crippen LogP contribution in [0.25, 0.3) is 0 Å². The van der Waals surface area contributed by atoms with E-state index in [1.807, 2.05) is 11.9 Å². The third-order valence-corrected chi connectivity index (χ3v) is 4.21. The molecule has 1 N–H and O–H groups in total. The summed E-state index contributed by atoms with van der Waals surface area (Å²) in [5.41, 5.74) is 0.701. The molecule has 0 unspecified atom stereocenters. The van der Waals surface area contributed by atoms with Crippen molar-refractivity contribution < 1.29 is 9.90 Å². The van der Waals surface area contributed by atoms with Crippen LogP contribution in [0.3, 0.4) is 0 Å². The first-order valence-electron chi connectivity index (χ1n) is 6.82. The van der Waals surface area contributed by atoms with Crippen LogP contribution >= 0.6 is 0 Å². The Morgan fingerprint density at radius 1 is 1.42 bits per heavy atom. The van der Waals surface area contributed by atoms with E-state index in [0.29, 0.717) is 17.3 Å². The molecule has 0 aliphatic heterocycles. The molecule has 1 heterocycles. The summed E-state index contributed by atoms with van der Waals surface area (Å²) in [4.78, 5) is 17.5. The number of hydrogen-bond donors (Lipinski definition) is 1. The van der Waals surface area contributed by atoms with Gasteiger partial charge in [-0.3, -0.25) is 0 Å². The second kappa shape index (κ2) is 5.19. The number of carbonyl (C=O) groups is 1. The van der Waals surface area contributed by atoms with E-state index in [1.165, 1.54) is 12.8 Å². The van der Waals surface area contributed by atoms with Crippen LogP contribution in [0.2, 0.25) is 0 Å². The van der Waals surface area contributed by atoms with Crippen LogP contribution in [-0.2, 0) is 0 Å². The summed E-state index contributed by atoms with van der Waals surface area (Å²) in [6.07, 6.45) is 6.21. The molecule has 1 aliphatic rings. The van der Waals surface area contributed by atoms with Crippen LogP contribution in [0.1, 0.15) is 49.9 Å². The topological polar surface area (TPSA) is 53.4 Å². The Hall–Kier alpha value is -1.58. The van der Waals surface area contributed by atoms with E-state index >= 15 is 0 Å². The molecule has 0 aromatic carbocycles. The van der Waals surface area contributed by atoms with Crippen molar-refractivity contribution in [3.63, 3.8) is 0 Å². The molecule has 1 aromatic rings. The van der Waals surface area contributed by atoms with Crippen molar-refractivity contribution in [3.8, 4) is 0 Å². The lowest BCUT2D eigenvalue weighted by molar-refractivity contribution is 0.0697. The van der Waals surface area contributed by atoms with Gasteiger partial charge in [-0.1, -0.05) is 13.8 Å². The number of carboxylic acid groups (broad SMARTS) is 1. The van der Waals surface area contributed by atoms with Crippen LogP contribution in [0, 0.1) is 5.41 Å². The Labute approximate surface area is 114 Å². The predicted molar refractivity (Wildman–Crippen MR) is 75.6 cm³/mol. The number of hydrogen-bond acceptors (Lipinski definition) is 3. The fourth-order valence-electron chi connectivity index (χ4n) is 2.79. The average molecular weight is 262 g/mol. The van der Waals surface area contributed by atoms with Crippen molar-refractivity contribution in [3.05, 3.63) is 23.9 Å². The number of rotatable bonds is 3. The van der Waals surface area contributed by atoms with Crippen LogP contribution < -0.4 is 4.90 Å². The molecule has 2 rings (SSSR count). The molecule has 4 heteroatoms. The molecule has 0 spiro atoms. The van der Waals surface area contributed by atoms with E-state index in [2.05, 4.69) is 18.8 Å². The molecule has 0 atom stereocenters.